The van der Waals surface area contributed by atoms with Crippen molar-refractivity contribution in [2.75, 3.05) is 20.8 Å². The molecule has 0 bridgehead atoms. The third-order valence-electron chi connectivity index (χ3n) is 5.72. The van der Waals surface area contributed by atoms with Crippen molar-refractivity contribution >= 4 is 16.9 Å². The number of fused-ring (bicyclic) bond motifs is 2. The van der Waals surface area contributed by atoms with Gasteiger partial charge in [-0.3, -0.25) is 4.79 Å². The molecule has 31 heavy (non-hydrogen) atoms. The molecule has 1 aromatic heterocycles. The lowest BCUT2D eigenvalue weighted by molar-refractivity contribution is 0.0693. The molecule has 0 saturated heterocycles. The van der Waals surface area contributed by atoms with Gasteiger partial charge in [-0.1, -0.05) is 41.6 Å². The standard InChI is InChI=1S/C24H22N4O3/c1-30-21-12-11-16(15-22(21)31-2)13-14-27-23(17-7-3-4-8-18(17)24(27)29)28-20-10-6-5-9-19(20)25-26-28/h3-12,15,23H,13-14H2,1-2H3. The zero-order valence-corrected chi connectivity index (χ0v) is 17.4. The van der Waals surface area contributed by atoms with Gasteiger partial charge in [0.05, 0.1) is 19.7 Å². The Morgan fingerprint density at radius 3 is 2.55 bits per heavy atom. The molecule has 1 aliphatic rings. The maximum atomic E-state index is 13.3. The molecule has 0 aliphatic carbocycles. The Balaban J connectivity index is 1.50. The smallest absolute Gasteiger partial charge is 0.256 e. The number of methoxy groups -OCH3 is 2. The van der Waals surface area contributed by atoms with Gasteiger partial charge in [-0.15, -0.1) is 5.10 Å². The fourth-order valence-electron chi connectivity index (χ4n) is 4.19. The molecule has 0 spiro atoms. The van der Waals surface area contributed by atoms with Crippen molar-refractivity contribution in [2.45, 2.75) is 12.6 Å². The van der Waals surface area contributed by atoms with Crippen molar-refractivity contribution in [2.24, 2.45) is 0 Å². The number of rotatable bonds is 6. The monoisotopic (exact) mass is 414 g/mol. The highest BCUT2D eigenvalue weighted by molar-refractivity contribution is 5.99. The van der Waals surface area contributed by atoms with Crippen LogP contribution in [0, 0.1) is 0 Å². The van der Waals surface area contributed by atoms with Crippen molar-refractivity contribution in [3.63, 3.8) is 0 Å². The lowest BCUT2D eigenvalue weighted by Gasteiger charge is -2.26. The van der Waals surface area contributed by atoms with E-state index in [1.807, 2.05) is 76.3 Å². The molecule has 1 aliphatic heterocycles. The Morgan fingerprint density at radius 2 is 1.71 bits per heavy atom. The highest BCUT2D eigenvalue weighted by Crippen LogP contribution is 2.36. The molecule has 0 saturated carbocycles. The minimum absolute atomic E-state index is 0.000609. The van der Waals surface area contributed by atoms with E-state index in [0.29, 0.717) is 30.0 Å². The molecule has 1 atom stereocenters. The highest BCUT2D eigenvalue weighted by atomic mass is 16.5. The highest BCUT2D eigenvalue weighted by Gasteiger charge is 2.38. The van der Waals surface area contributed by atoms with Crippen molar-refractivity contribution in [1.29, 1.82) is 0 Å². The number of ether oxygens (including phenoxy) is 2. The normalized spacial score (nSPS) is 15.4. The Morgan fingerprint density at radius 1 is 0.935 bits per heavy atom. The molecule has 1 amide bonds. The first kappa shape index (κ1) is 19.1. The third-order valence-corrected chi connectivity index (χ3v) is 5.72. The van der Waals surface area contributed by atoms with Gasteiger partial charge in [0.1, 0.15) is 5.52 Å². The zero-order chi connectivity index (χ0) is 21.4. The summed E-state index contributed by atoms with van der Waals surface area (Å²) in [4.78, 5) is 15.2. The summed E-state index contributed by atoms with van der Waals surface area (Å²) in [7, 11) is 3.23. The molecule has 2 heterocycles. The molecule has 0 radical (unpaired) electrons. The SMILES string of the molecule is COc1ccc(CCN2C(=O)c3ccccc3C2n2nnc3ccccc32)cc1OC. The summed E-state index contributed by atoms with van der Waals surface area (Å²) in [6.45, 7) is 0.530. The predicted molar refractivity (Wildman–Crippen MR) is 116 cm³/mol. The van der Waals surface area contributed by atoms with Gasteiger partial charge in [0.15, 0.2) is 17.7 Å². The van der Waals surface area contributed by atoms with Gasteiger partial charge < -0.3 is 14.4 Å². The van der Waals surface area contributed by atoms with E-state index in [1.165, 1.54) is 0 Å². The Labute approximate surface area is 179 Å². The number of amides is 1. The fourth-order valence-corrected chi connectivity index (χ4v) is 4.19. The number of carbonyl (C=O) groups excluding carboxylic acids is 1. The van der Waals surface area contributed by atoms with Crippen LogP contribution in [0.4, 0.5) is 0 Å². The summed E-state index contributed by atoms with van der Waals surface area (Å²) in [5.41, 5.74) is 4.41. The van der Waals surface area contributed by atoms with E-state index in [2.05, 4.69) is 10.3 Å². The molecule has 4 aromatic rings. The van der Waals surface area contributed by atoms with Crippen LogP contribution in [0.1, 0.15) is 27.7 Å². The summed E-state index contributed by atoms with van der Waals surface area (Å²) in [5, 5.41) is 8.70. The molecule has 1 unspecified atom stereocenters. The minimum atomic E-state index is -0.337. The Kier molecular flexibility index (Phi) is 4.78. The van der Waals surface area contributed by atoms with Gasteiger partial charge in [0.2, 0.25) is 0 Å². The van der Waals surface area contributed by atoms with E-state index in [9.17, 15) is 4.79 Å². The number of carbonyl (C=O) groups is 1. The largest absolute Gasteiger partial charge is 0.493 e. The van der Waals surface area contributed by atoms with Crippen LogP contribution in [-0.2, 0) is 6.42 Å². The molecule has 3 aromatic carbocycles. The van der Waals surface area contributed by atoms with Gasteiger partial charge in [-0.2, -0.15) is 0 Å². The minimum Gasteiger partial charge on any atom is -0.493 e. The Hall–Kier alpha value is -3.87. The average molecular weight is 414 g/mol. The van der Waals surface area contributed by atoms with Crippen LogP contribution in [0.15, 0.2) is 66.7 Å². The van der Waals surface area contributed by atoms with E-state index in [4.69, 9.17) is 9.47 Å². The van der Waals surface area contributed by atoms with Crippen molar-refractivity contribution in [1.82, 2.24) is 19.9 Å². The summed E-state index contributed by atoms with van der Waals surface area (Å²) in [6, 6.07) is 21.3. The molecule has 7 nitrogen and oxygen atoms in total. The van der Waals surface area contributed by atoms with Crippen molar-refractivity contribution in [3.8, 4) is 11.5 Å². The zero-order valence-electron chi connectivity index (χ0n) is 17.4. The molecular formula is C24H22N4O3. The summed E-state index contributed by atoms with van der Waals surface area (Å²) in [5.74, 6) is 1.36. The summed E-state index contributed by atoms with van der Waals surface area (Å²) >= 11 is 0. The lowest BCUT2D eigenvalue weighted by Crippen LogP contribution is -2.34. The van der Waals surface area contributed by atoms with Crippen LogP contribution in [-0.4, -0.2) is 46.6 Å². The van der Waals surface area contributed by atoms with Crippen LogP contribution in [0.25, 0.3) is 11.0 Å². The van der Waals surface area contributed by atoms with Crippen LogP contribution in [0.5, 0.6) is 11.5 Å². The fraction of sp³-hybridized carbons (Fsp3) is 0.208. The first-order valence-corrected chi connectivity index (χ1v) is 10.1. The predicted octanol–water partition coefficient (Wildman–Crippen LogP) is 3.69. The van der Waals surface area contributed by atoms with Gasteiger partial charge >= 0.3 is 0 Å². The van der Waals surface area contributed by atoms with Gasteiger partial charge in [0.25, 0.3) is 5.91 Å². The summed E-state index contributed by atoms with van der Waals surface area (Å²) in [6.07, 6.45) is 0.333. The first-order valence-electron chi connectivity index (χ1n) is 10.1. The molecule has 7 heteroatoms. The molecule has 0 N–H and O–H groups in total. The molecular weight excluding hydrogens is 392 g/mol. The maximum absolute atomic E-state index is 13.3. The number of para-hydroxylation sites is 1. The second kappa shape index (κ2) is 7.75. The van der Waals surface area contributed by atoms with Crippen LogP contribution in [0.3, 0.4) is 0 Å². The van der Waals surface area contributed by atoms with Gasteiger partial charge in [-0.25, -0.2) is 4.68 Å². The van der Waals surface area contributed by atoms with E-state index in [1.54, 1.807) is 14.2 Å². The molecule has 0 fully saturated rings. The second-order valence-electron chi connectivity index (χ2n) is 7.42. The van der Waals surface area contributed by atoms with Crippen molar-refractivity contribution in [3.05, 3.63) is 83.4 Å². The first-order chi connectivity index (χ1) is 15.2. The van der Waals surface area contributed by atoms with Gasteiger partial charge in [-0.05, 0) is 42.3 Å². The number of aromatic nitrogens is 3. The topological polar surface area (TPSA) is 69.5 Å². The number of hydrogen-bond donors (Lipinski definition) is 0. The van der Waals surface area contributed by atoms with E-state index in [-0.39, 0.29) is 12.1 Å². The second-order valence-corrected chi connectivity index (χ2v) is 7.42. The number of benzene rings is 3. The van der Waals surface area contributed by atoms with Crippen LogP contribution >= 0.6 is 0 Å². The maximum Gasteiger partial charge on any atom is 0.256 e. The molecule has 156 valence electrons. The summed E-state index contributed by atoms with van der Waals surface area (Å²) < 4.78 is 12.6. The average Bonchev–Trinajstić information content (AvgIpc) is 3.36. The quantitative estimate of drug-likeness (QED) is 0.481. The molecule has 5 rings (SSSR count). The number of nitrogens with zero attached hydrogens (tertiary/aromatic N) is 4. The number of hydrogen-bond acceptors (Lipinski definition) is 5. The van der Waals surface area contributed by atoms with E-state index < -0.39 is 0 Å². The van der Waals surface area contributed by atoms with E-state index in [0.717, 1.165) is 22.2 Å². The van der Waals surface area contributed by atoms with Crippen LogP contribution in [0.2, 0.25) is 0 Å². The third kappa shape index (κ3) is 3.18. The Bertz CT molecular complexity index is 1270. The van der Waals surface area contributed by atoms with Gasteiger partial charge in [0, 0.05) is 17.7 Å². The van der Waals surface area contributed by atoms with Crippen molar-refractivity contribution < 1.29 is 14.3 Å². The van der Waals surface area contributed by atoms with E-state index >= 15 is 0 Å². The lowest BCUT2D eigenvalue weighted by atomic mass is 10.1. The van der Waals surface area contributed by atoms with Crippen LogP contribution < -0.4 is 9.47 Å².